The summed E-state index contributed by atoms with van der Waals surface area (Å²) in [5, 5.41) is 11.8. The molecule has 4 unspecified atom stereocenters. The number of carbonyl (C=O) groups is 2. The molecule has 0 spiro atoms. The summed E-state index contributed by atoms with van der Waals surface area (Å²) < 4.78 is 0. The molecule has 3 heterocycles. The molecule has 4 atom stereocenters. The van der Waals surface area contributed by atoms with Crippen molar-refractivity contribution in [3.8, 4) is 0 Å². The Balaban J connectivity index is 1.47. The van der Waals surface area contributed by atoms with Gasteiger partial charge in [-0.05, 0) is 50.2 Å². The maximum atomic E-state index is 12.8. The molecule has 3 aliphatic heterocycles. The lowest BCUT2D eigenvalue weighted by atomic mass is 9.94. The summed E-state index contributed by atoms with van der Waals surface area (Å²) in [5.41, 5.74) is 3.55. The molecule has 0 saturated carbocycles. The Morgan fingerprint density at radius 1 is 1.28 bits per heavy atom. The standard InChI is InChI=1S/C22H30N4O2S/c1-13(2)23-20(27)16-5-4-10-26(11-16)22-24-18-17(12-29-19(18)21(28)25-22)15-8-6-14(3)7-9-15/h6-9,12-13,16,18-19,22,24H,4-5,10-11H2,1-3H3,(H,23,27)(H,25,28). The van der Waals surface area contributed by atoms with Gasteiger partial charge in [-0.15, -0.1) is 11.8 Å². The van der Waals surface area contributed by atoms with E-state index in [1.165, 1.54) is 11.1 Å². The van der Waals surface area contributed by atoms with E-state index >= 15 is 0 Å². The zero-order valence-corrected chi connectivity index (χ0v) is 18.1. The van der Waals surface area contributed by atoms with Crippen LogP contribution in [0.4, 0.5) is 0 Å². The third-order valence-electron chi connectivity index (χ3n) is 5.86. The van der Waals surface area contributed by atoms with E-state index in [-0.39, 0.29) is 41.4 Å². The lowest BCUT2D eigenvalue weighted by Crippen LogP contribution is -2.69. The highest BCUT2D eigenvalue weighted by molar-refractivity contribution is 8.04. The molecule has 2 fully saturated rings. The third-order valence-corrected chi connectivity index (χ3v) is 7.03. The molecule has 7 heteroatoms. The number of rotatable bonds is 4. The van der Waals surface area contributed by atoms with E-state index in [1.807, 2.05) is 13.8 Å². The van der Waals surface area contributed by atoms with Crippen molar-refractivity contribution in [2.45, 2.75) is 57.2 Å². The summed E-state index contributed by atoms with van der Waals surface area (Å²) >= 11 is 1.58. The van der Waals surface area contributed by atoms with Gasteiger partial charge < -0.3 is 10.6 Å². The van der Waals surface area contributed by atoms with Crippen LogP contribution in [-0.2, 0) is 9.59 Å². The van der Waals surface area contributed by atoms with E-state index in [4.69, 9.17) is 0 Å². The Labute approximate surface area is 176 Å². The van der Waals surface area contributed by atoms with E-state index in [9.17, 15) is 9.59 Å². The molecule has 0 aliphatic carbocycles. The first-order chi connectivity index (χ1) is 13.9. The largest absolute Gasteiger partial charge is 0.354 e. The number of hydrogen-bond donors (Lipinski definition) is 3. The normalized spacial score (nSPS) is 29.9. The molecule has 6 nitrogen and oxygen atoms in total. The fraction of sp³-hybridized carbons (Fsp3) is 0.545. The van der Waals surface area contributed by atoms with E-state index in [1.54, 1.807) is 11.8 Å². The number of hydrogen-bond acceptors (Lipinski definition) is 5. The van der Waals surface area contributed by atoms with E-state index in [2.05, 4.69) is 57.4 Å². The quantitative estimate of drug-likeness (QED) is 0.703. The van der Waals surface area contributed by atoms with Crippen molar-refractivity contribution in [3.63, 3.8) is 0 Å². The van der Waals surface area contributed by atoms with Crippen LogP contribution in [-0.4, -0.2) is 53.4 Å². The summed E-state index contributed by atoms with van der Waals surface area (Å²) in [6, 6.07) is 8.59. The molecular formula is C22H30N4O2S. The maximum Gasteiger partial charge on any atom is 0.237 e. The molecule has 156 valence electrons. The average Bonchev–Trinajstić information content (AvgIpc) is 3.13. The van der Waals surface area contributed by atoms with Crippen LogP contribution in [0.3, 0.4) is 0 Å². The summed E-state index contributed by atoms with van der Waals surface area (Å²) in [6.07, 6.45) is 1.60. The van der Waals surface area contributed by atoms with Crippen LogP contribution < -0.4 is 16.0 Å². The summed E-state index contributed by atoms with van der Waals surface area (Å²) in [4.78, 5) is 27.5. The van der Waals surface area contributed by atoms with Crippen molar-refractivity contribution < 1.29 is 9.59 Å². The van der Waals surface area contributed by atoms with Crippen LogP contribution in [0.5, 0.6) is 0 Å². The highest BCUT2D eigenvalue weighted by Gasteiger charge is 2.44. The van der Waals surface area contributed by atoms with Crippen LogP contribution in [0.2, 0.25) is 0 Å². The first-order valence-corrected chi connectivity index (χ1v) is 11.4. The van der Waals surface area contributed by atoms with Gasteiger partial charge in [0.15, 0.2) is 0 Å². The van der Waals surface area contributed by atoms with Crippen LogP contribution in [0.25, 0.3) is 5.57 Å². The van der Waals surface area contributed by atoms with Crippen molar-refractivity contribution in [3.05, 3.63) is 40.8 Å². The first-order valence-electron chi connectivity index (χ1n) is 10.5. The predicted octanol–water partition coefficient (Wildman–Crippen LogP) is 2.06. The minimum absolute atomic E-state index is 0.0219. The van der Waals surface area contributed by atoms with Crippen molar-refractivity contribution in [1.82, 2.24) is 20.9 Å². The Morgan fingerprint density at radius 2 is 2.03 bits per heavy atom. The SMILES string of the molecule is Cc1ccc(C2=CSC3C(=O)NC(N4CCCC(C(=O)NC(C)C)C4)NC23)cc1. The van der Waals surface area contributed by atoms with Crippen molar-refractivity contribution in [1.29, 1.82) is 0 Å². The van der Waals surface area contributed by atoms with Gasteiger partial charge in [0, 0.05) is 19.1 Å². The topological polar surface area (TPSA) is 73.5 Å². The fourth-order valence-electron chi connectivity index (χ4n) is 4.33. The molecule has 2 saturated heterocycles. The highest BCUT2D eigenvalue weighted by Crippen LogP contribution is 2.38. The van der Waals surface area contributed by atoms with Crippen LogP contribution in [0.15, 0.2) is 29.7 Å². The van der Waals surface area contributed by atoms with Gasteiger partial charge in [0.2, 0.25) is 11.8 Å². The third kappa shape index (κ3) is 4.37. The molecule has 0 aromatic heterocycles. The minimum atomic E-state index is -0.244. The summed E-state index contributed by atoms with van der Waals surface area (Å²) in [7, 11) is 0. The van der Waals surface area contributed by atoms with Gasteiger partial charge in [-0.2, -0.15) is 0 Å². The average molecular weight is 415 g/mol. The van der Waals surface area contributed by atoms with Crippen LogP contribution in [0, 0.1) is 12.8 Å². The maximum absolute atomic E-state index is 12.8. The minimum Gasteiger partial charge on any atom is -0.354 e. The van der Waals surface area contributed by atoms with Crippen molar-refractivity contribution in [2.24, 2.45) is 5.92 Å². The number of carbonyl (C=O) groups excluding carboxylic acids is 2. The zero-order chi connectivity index (χ0) is 20.5. The van der Waals surface area contributed by atoms with Gasteiger partial charge in [0.05, 0.1) is 12.0 Å². The molecule has 1 aromatic carbocycles. The summed E-state index contributed by atoms with van der Waals surface area (Å²) in [5.74, 6) is 0.143. The van der Waals surface area contributed by atoms with Gasteiger partial charge >= 0.3 is 0 Å². The molecule has 3 N–H and O–H groups in total. The molecular weight excluding hydrogens is 384 g/mol. The molecule has 2 amide bonds. The number of fused-ring (bicyclic) bond motifs is 1. The lowest BCUT2D eigenvalue weighted by Gasteiger charge is -2.43. The molecule has 29 heavy (non-hydrogen) atoms. The van der Waals surface area contributed by atoms with Gasteiger partial charge in [-0.25, -0.2) is 0 Å². The number of benzene rings is 1. The smallest absolute Gasteiger partial charge is 0.237 e. The number of nitrogens with zero attached hydrogens (tertiary/aromatic N) is 1. The number of piperidine rings is 1. The second-order valence-electron chi connectivity index (χ2n) is 8.55. The van der Waals surface area contributed by atoms with Gasteiger partial charge in [-0.3, -0.25) is 19.8 Å². The van der Waals surface area contributed by atoms with Crippen molar-refractivity contribution >= 4 is 29.1 Å². The van der Waals surface area contributed by atoms with Crippen LogP contribution >= 0.6 is 11.8 Å². The number of thioether (sulfide) groups is 1. The zero-order valence-electron chi connectivity index (χ0n) is 17.3. The van der Waals surface area contributed by atoms with E-state index in [0.717, 1.165) is 24.9 Å². The second kappa shape index (κ2) is 8.50. The summed E-state index contributed by atoms with van der Waals surface area (Å²) in [6.45, 7) is 7.58. The Morgan fingerprint density at radius 3 is 2.76 bits per heavy atom. The van der Waals surface area contributed by atoms with Gasteiger partial charge in [-0.1, -0.05) is 29.8 Å². The number of likely N-dealkylation sites (tertiary alicyclic amines) is 1. The Hall–Kier alpha value is -1.83. The molecule has 0 bridgehead atoms. The highest BCUT2D eigenvalue weighted by atomic mass is 32.2. The first kappa shape index (κ1) is 20.4. The van der Waals surface area contributed by atoms with E-state index < -0.39 is 0 Å². The second-order valence-corrected chi connectivity index (χ2v) is 9.56. The number of amides is 2. The van der Waals surface area contributed by atoms with E-state index in [0.29, 0.717) is 6.54 Å². The molecule has 4 rings (SSSR count). The number of nitrogens with one attached hydrogen (secondary N) is 3. The predicted molar refractivity (Wildman–Crippen MR) is 117 cm³/mol. The van der Waals surface area contributed by atoms with Gasteiger partial charge in [0.25, 0.3) is 0 Å². The Kier molecular flexibility index (Phi) is 5.99. The lowest BCUT2D eigenvalue weighted by molar-refractivity contribution is -0.129. The number of aryl methyl sites for hydroxylation is 1. The Bertz CT molecular complexity index is 808. The monoisotopic (exact) mass is 414 g/mol. The van der Waals surface area contributed by atoms with Crippen LogP contribution in [0.1, 0.15) is 37.8 Å². The molecule has 0 radical (unpaired) electrons. The van der Waals surface area contributed by atoms with Gasteiger partial charge in [0.1, 0.15) is 11.5 Å². The molecule has 3 aliphatic rings. The van der Waals surface area contributed by atoms with Crippen molar-refractivity contribution in [2.75, 3.05) is 13.1 Å². The fourth-order valence-corrected chi connectivity index (χ4v) is 5.48. The molecule has 1 aromatic rings.